The van der Waals surface area contributed by atoms with E-state index in [1.54, 1.807) is 7.11 Å². The zero-order valence-corrected chi connectivity index (χ0v) is 9.80. The molecule has 2 unspecified atom stereocenters. The van der Waals surface area contributed by atoms with E-state index in [1.807, 2.05) is 30.3 Å². The number of para-hydroxylation sites is 1. The Morgan fingerprint density at radius 2 is 2.00 bits per heavy atom. The number of rotatable bonds is 6. The fourth-order valence-corrected chi connectivity index (χ4v) is 1.70. The van der Waals surface area contributed by atoms with Crippen molar-refractivity contribution in [2.75, 3.05) is 20.3 Å². The molecule has 1 aliphatic carbocycles. The molecule has 4 nitrogen and oxygen atoms in total. The Hall–Kier alpha value is -1.39. The van der Waals surface area contributed by atoms with Crippen LogP contribution in [0.2, 0.25) is 0 Å². The molecule has 0 radical (unpaired) electrons. The summed E-state index contributed by atoms with van der Waals surface area (Å²) >= 11 is 0. The number of methoxy groups -OCH3 is 1. The molecule has 0 aliphatic heterocycles. The van der Waals surface area contributed by atoms with Gasteiger partial charge in [-0.3, -0.25) is 4.79 Å². The second-order valence-electron chi connectivity index (χ2n) is 3.92. The topological polar surface area (TPSA) is 44.8 Å². The lowest BCUT2D eigenvalue weighted by Gasteiger charge is -2.34. The van der Waals surface area contributed by atoms with Gasteiger partial charge in [-0.1, -0.05) is 18.2 Å². The van der Waals surface area contributed by atoms with Gasteiger partial charge in [-0.05, 0) is 12.1 Å². The highest BCUT2D eigenvalue weighted by Gasteiger charge is 2.42. The fourth-order valence-electron chi connectivity index (χ4n) is 1.70. The van der Waals surface area contributed by atoms with Crippen LogP contribution in [0.25, 0.3) is 0 Å². The Kier molecular flexibility index (Phi) is 4.12. The van der Waals surface area contributed by atoms with Crippen molar-refractivity contribution in [3.05, 3.63) is 30.3 Å². The summed E-state index contributed by atoms with van der Waals surface area (Å²) < 4.78 is 16.0. The second kappa shape index (κ2) is 5.80. The van der Waals surface area contributed by atoms with Crippen LogP contribution in [-0.4, -0.2) is 38.3 Å². The molecule has 2 rings (SSSR count). The average molecular weight is 236 g/mol. The van der Waals surface area contributed by atoms with Gasteiger partial charge in [0.15, 0.2) is 11.9 Å². The molecule has 0 N–H and O–H groups in total. The minimum Gasteiger partial charge on any atom is -0.487 e. The Bertz CT molecular complexity index is 363. The Labute approximate surface area is 100 Å². The van der Waals surface area contributed by atoms with E-state index < -0.39 is 6.10 Å². The molecule has 1 fully saturated rings. The predicted molar refractivity (Wildman–Crippen MR) is 62.1 cm³/mol. The van der Waals surface area contributed by atoms with Gasteiger partial charge in [-0.15, -0.1) is 0 Å². The summed E-state index contributed by atoms with van der Waals surface area (Å²) in [5.74, 6) is 0.868. The van der Waals surface area contributed by atoms with Gasteiger partial charge in [0.05, 0.1) is 13.2 Å². The number of carbonyl (C=O) groups is 1. The van der Waals surface area contributed by atoms with Crippen molar-refractivity contribution in [1.29, 1.82) is 0 Å². The molecule has 1 saturated carbocycles. The normalized spacial score (nSPS) is 23.2. The maximum atomic E-state index is 11.4. The predicted octanol–water partition coefficient (Wildman–Crippen LogP) is 1.44. The van der Waals surface area contributed by atoms with Crippen molar-refractivity contribution in [2.24, 2.45) is 0 Å². The SMILES string of the molecule is COCCOC1C(=O)CC1Oc1ccccc1. The summed E-state index contributed by atoms with van der Waals surface area (Å²) in [7, 11) is 1.60. The largest absolute Gasteiger partial charge is 0.487 e. The average Bonchev–Trinajstić information content (AvgIpc) is 2.35. The lowest BCUT2D eigenvalue weighted by Crippen LogP contribution is -2.52. The molecule has 0 heterocycles. The summed E-state index contributed by atoms with van der Waals surface area (Å²) in [6.07, 6.45) is -0.181. The number of carbonyl (C=O) groups excluding carboxylic acids is 1. The maximum Gasteiger partial charge on any atom is 0.169 e. The van der Waals surface area contributed by atoms with E-state index in [0.717, 1.165) is 5.75 Å². The number of benzene rings is 1. The third kappa shape index (κ3) is 3.05. The van der Waals surface area contributed by atoms with Crippen LogP contribution in [0.1, 0.15) is 6.42 Å². The van der Waals surface area contributed by atoms with Crippen LogP contribution in [0.5, 0.6) is 5.75 Å². The van der Waals surface area contributed by atoms with Crippen molar-refractivity contribution < 1.29 is 19.0 Å². The van der Waals surface area contributed by atoms with Gasteiger partial charge in [0.2, 0.25) is 0 Å². The Morgan fingerprint density at radius 1 is 1.24 bits per heavy atom. The summed E-state index contributed by atoms with van der Waals surface area (Å²) in [4.78, 5) is 11.4. The van der Waals surface area contributed by atoms with Gasteiger partial charge in [-0.2, -0.15) is 0 Å². The van der Waals surface area contributed by atoms with Crippen LogP contribution < -0.4 is 4.74 Å². The monoisotopic (exact) mass is 236 g/mol. The molecule has 1 aliphatic rings. The Balaban J connectivity index is 1.83. The smallest absolute Gasteiger partial charge is 0.169 e. The minimum atomic E-state index is -0.439. The molecular weight excluding hydrogens is 220 g/mol. The van der Waals surface area contributed by atoms with Crippen molar-refractivity contribution in [1.82, 2.24) is 0 Å². The van der Waals surface area contributed by atoms with Gasteiger partial charge in [0.25, 0.3) is 0 Å². The first-order valence-electron chi connectivity index (χ1n) is 5.66. The summed E-state index contributed by atoms with van der Waals surface area (Å²) in [6, 6.07) is 9.46. The van der Waals surface area contributed by atoms with Crippen molar-refractivity contribution in [2.45, 2.75) is 18.6 Å². The molecule has 1 aromatic rings. The van der Waals surface area contributed by atoms with Crippen molar-refractivity contribution >= 4 is 5.78 Å². The Morgan fingerprint density at radius 3 is 2.65 bits per heavy atom. The molecule has 0 saturated heterocycles. The first kappa shape index (κ1) is 12.1. The van der Waals surface area contributed by atoms with Crippen LogP contribution in [0.15, 0.2) is 30.3 Å². The van der Waals surface area contributed by atoms with E-state index >= 15 is 0 Å². The molecule has 17 heavy (non-hydrogen) atoms. The van der Waals surface area contributed by atoms with Gasteiger partial charge in [0, 0.05) is 13.5 Å². The number of Topliss-reactive ketones (excluding diaryl/α,β-unsaturated/α-hetero) is 1. The molecule has 0 amide bonds. The second-order valence-corrected chi connectivity index (χ2v) is 3.92. The van der Waals surface area contributed by atoms with Crippen LogP contribution in [-0.2, 0) is 14.3 Å². The molecular formula is C13H16O4. The van der Waals surface area contributed by atoms with Crippen LogP contribution in [0, 0.1) is 0 Å². The zero-order chi connectivity index (χ0) is 12.1. The van der Waals surface area contributed by atoms with Gasteiger partial charge in [0.1, 0.15) is 11.9 Å². The van der Waals surface area contributed by atoms with E-state index in [2.05, 4.69) is 0 Å². The first-order chi connectivity index (χ1) is 8.31. The molecule has 0 aromatic heterocycles. The molecule has 92 valence electrons. The third-order valence-electron chi connectivity index (χ3n) is 2.67. The highest BCUT2D eigenvalue weighted by Crippen LogP contribution is 2.25. The summed E-state index contributed by atoms with van der Waals surface area (Å²) in [6.45, 7) is 0.906. The van der Waals surface area contributed by atoms with E-state index in [0.29, 0.717) is 19.6 Å². The minimum absolute atomic E-state index is 0.0991. The quantitative estimate of drug-likeness (QED) is 0.701. The number of hydrogen-bond donors (Lipinski definition) is 0. The lowest BCUT2D eigenvalue weighted by atomic mass is 9.90. The van der Waals surface area contributed by atoms with E-state index in [-0.39, 0.29) is 11.9 Å². The molecule has 0 spiro atoms. The molecule has 0 bridgehead atoms. The highest BCUT2D eigenvalue weighted by atomic mass is 16.6. The van der Waals surface area contributed by atoms with Gasteiger partial charge in [-0.25, -0.2) is 0 Å². The fraction of sp³-hybridized carbons (Fsp3) is 0.462. The molecule has 4 heteroatoms. The molecule has 2 atom stereocenters. The van der Waals surface area contributed by atoms with Gasteiger partial charge >= 0.3 is 0 Å². The third-order valence-corrected chi connectivity index (χ3v) is 2.67. The van der Waals surface area contributed by atoms with Crippen LogP contribution in [0.4, 0.5) is 0 Å². The standard InChI is InChI=1S/C13H16O4/c1-15-7-8-16-13-11(14)9-12(13)17-10-5-3-2-4-6-10/h2-6,12-13H,7-9H2,1H3. The van der Waals surface area contributed by atoms with Crippen molar-refractivity contribution in [3.63, 3.8) is 0 Å². The van der Waals surface area contributed by atoms with E-state index in [4.69, 9.17) is 14.2 Å². The van der Waals surface area contributed by atoms with Crippen LogP contribution >= 0.6 is 0 Å². The zero-order valence-electron chi connectivity index (χ0n) is 9.80. The maximum absolute atomic E-state index is 11.4. The van der Waals surface area contributed by atoms with E-state index in [9.17, 15) is 4.79 Å². The first-order valence-corrected chi connectivity index (χ1v) is 5.66. The number of ketones is 1. The summed E-state index contributed by atoms with van der Waals surface area (Å²) in [5, 5.41) is 0. The lowest BCUT2D eigenvalue weighted by molar-refractivity contribution is -0.156. The highest BCUT2D eigenvalue weighted by molar-refractivity contribution is 5.90. The number of hydrogen-bond acceptors (Lipinski definition) is 4. The van der Waals surface area contributed by atoms with E-state index in [1.165, 1.54) is 0 Å². The molecule has 1 aromatic carbocycles. The van der Waals surface area contributed by atoms with Gasteiger partial charge < -0.3 is 14.2 Å². The summed E-state index contributed by atoms with van der Waals surface area (Å²) in [5.41, 5.74) is 0. The number of ether oxygens (including phenoxy) is 3. The van der Waals surface area contributed by atoms with Crippen molar-refractivity contribution in [3.8, 4) is 5.75 Å². The van der Waals surface area contributed by atoms with Crippen LogP contribution in [0.3, 0.4) is 0 Å².